The first kappa shape index (κ1) is 11.8. The summed E-state index contributed by atoms with van der Waals surface area (Å²) in [5, 5.41) is 12.0. The fourth-order valence-electron chi connectivity index (χ4n) is 0.762. The average molecular weight is 250 g/mol. The quantitative estimate of drug-likeness (QED) is 0.403. The van der Waals surface area contributed by atoms with Crippen LogP contribution in [0.4, 0.5) is 5.00 Å². The van der Waals surface area contributed by atoms with Crippen LogP contribution < -0.4 is 16.1 Å². The van der Waals surface area contributed by atoms with Gasteiger partial charge in [0.25, 0.3) is 5.91 Å². The highest BCUT2D eigenvalue weighted by Gasteiger charge is 2.19. The first-order valence-corrected chi connectivity index (χ1v) is 6.20. The predicted molar refractivity (Wildman–Crippen MR) is 54.4 cm³/mol. The molecule has 0 aliphatic heterocycles. The minimum Gasteiger partial charge on any atom is -0.279 e. The summed E-state index contributed by atoms with van der Waals surface area (Å²) in [6.45, 7) is 0. The number of carbonyl (C=O) groups is 1. The fourth-order valence-corrected chi connectivity index (χ4v) is 1.99. The zero-order chi connectivity index (χ0) is 11.6. The van der Waals surface area contributed by atoms with E-state index in [9.17, 15) is 19.5 Å². The monoisotopic (exact) mass is 250 g/mol. The summed E-state index contributed by atoms with van der Waals surface area (Å²) in [6, 6.07) is 2.39. The van der Waals surface area contributed by atoms with Crippen molar-refractivity contribution < 1.29 is 14.3 Å². The minimum absolute atomic E-state index is 0.0258. The molecule has 15 heavy (non-hydrogen) atoms. The van der Waals surface area contributed by atoms with Gasteiger partial charge in [-0.05, 0) is 6.07 Å². The lowest BCUT2D eigenvalue weighted by Gasteiger charge is -2.06. The Hall–Kier alpha value is -1.28. The van der Waals surface area contributed by atoms with Gasteiger partial charge in [0, 0.05) is 6.07 Å². The van der Waals surface area contributed by atoms with Gasteiger partial charge in [0.1, 0.15) is 0 Å². The maximum absolute atomic E-state index is 11.2. The third-order valence-electron chi connectivity index (χ3n) is 1.27. The summed E-state index contributed by atoms with van der Waals surface area (Å²) < 4.78 is 10.8. The summed E-state index contributed by atoms with van der Waals surface area (Å²) in [7, 11) is -3.66. The largest absolute Gasteiger partial charge is 0.324 e. The average Bonchev–Trinajstić information content (AvgIpc) is 2.47. The molecular weight excluding hydrogens is 243 g/mol. The standard InChI is InChI=1S/C5H7N4O4PS/c6-14(7,13)8-5(10)3-1-2-4(15-3)9(11)12/h1-2H,(H5,6,7,8,10,13). The molecule has 0 unspecified atom stereocenters. The molecule has 0 aromatic carbocycles. The van der Waals surface area contributed by atoms with E-state index in [0.29, 0.717) is 11.3 Å². The number of nitrogens with one attached hydrogen (secondary N) is 1. The number of nitrogens with zero attached hydrogens (tertiary/aromatic N) is 1. The number of rotatable bonds is 3. The summed E-state index contributed by atoms with van der Waals surface area (Å²) in [5.74, 6) is -0.790. The van der Waals surface area contributed by atoms with E-state index >= 15 is 0 Å². The van der Waals surface area contributed by atoms with Crippen LogP contribution in [0, 0.1) is 10.1 Å². The van der Waals surface area contributed by atoms with Crippen molar-refractivity contribution in [3.8, 4) is 0 Å². The molecule has 1 aromatic rings. The van der Waals surface area contributed by atoms with Crippen LogP contribution >= 0.6 is 18.9 Å². The van der Waals surface area contributed by atoms with Crippen LogP contribution in [0.25, 0.3) is 0 Å². The normalized spacial score (nSPS) is 11.1. The molecular formula is C5H7N4O4PS. The second-order valence-corrected chi connectivity index (χ2v) is 5.25. The molecule has 0 saturated carbocycles. The summed E-state index contributed by atoms with van der Waals surface area (Å²) in [5.41, 5.74) is 9.82. The number of nitrogens with two attached hydrogens (primary N) is 2. The highest BCUT2D eigenvalue weighted by molar-refractivity contribution is 7.57. The van der Waals surface area contributed by atoms with Gasteiger partial charge in [-0.1, -0.05) is 11.3 Å². The first-order valence-electron chi connectivity index (χ1n) is 3.53. The molecule has 5 N–H and O–H groups in total. The topological polar surface area (TPSA) is 141 Å². The lowest BCUT2D eigenvalue weighted by atomic mass is 10.4. The zero-order valence-electron chi connectivity index (χ0n) is 7.25. The van der Waals surface area contributed by atoms with Gasteiger partial charge in [0.15, 0.2) is 0 Å². The number of hydrogen-bond donors (Lipinski definition) is 3. The summed E-state index contributed by atoms with van der Waals surface area (Å²) in [6.07, 6.45) is 0. The smallest absolute Gasteiger partial charge is 0.279 e. The number of hydrogen-bond acceptors (Lipinski definition) is 5. The van der Waals surface area contributed by atoms with Crippen molar-refractivity contribution in [3.63, 3.8) is 0 Å². The lowest BCUT2D eigenvalue weighted by Crippen LogP contribution is -2.27. The lowest BCUT2D eigenvalue weighted by molar-refractivity contribution is -0.380. The molecule has 0 spiro atoms. The van der Waals surface area contributed by atoms with Crippen molar-refractivity contribution in [3.05, 3.63) is 27.1 Å². The van der Waals surface area contributed by atoms with Gasteiger partial charge in [-0.3, -0.25) is 35.6 Å². The van der Waals surface area contributed by atoms with Gasteiger partial charge in [-0.2, -0.15) is 0 Å². The van der Waals surface area contributed by atoms with Crippen LogP contribution in [-0.2, 0) is 4.57 Å². The van der Waals surface area contributed by atoms with Gasteiger partial charge in [-0.25, -0.2) is 0 Å². The molecule has 82 valence electrons. The second-order valence-electron chi connectivity index (χ2n) is 2.55. The van der Waals surface area contributed by atoms with E-state index in [1.54, 1.807) is 0 Å². The molecule has 0 aliphatic carbocycles. The van der Waals surface area contributed by atoms with Crippen molar-refractivity contribution >= 4 is 29.8 Å². The summed E-state index contributed by atoms with van der Waals surface area (Å²) in [4.78, 5) is 20.9. The van der Waals surface area contributed by atoms with Gasteiger partial charge < -0.3 is 0 Å². The van der Waals surface area contributed by atoms with Crippen LogP contribution in [0.2, 0.25) is 0 Å². The SMILES string of the molecule is NP(N)(=O)NC(=O)c1ccc([N+](=O)[O-])s1. The second kappa shape index (κ2) is 4.07. The molecule has 1 amide bonds. The molecule has 0 radical (unpaired) electrons. The molecule has 0 aliphatic rings. The molecule has 1 heterocycles. The molecule has 0 atom stereocenters. The van der Waals surface area contributed by atoms with Crippen molar-refractivity contribution in [1.29, 1.82) is 0 Å². The van der Waals surface area contributed by atoms with Gasteiger partial charge in [0.2, 0.25) is 0 Å². The Morgan fingerprint density at radius 2 is 2.13 bits per heavy atom. The molecule has 0 bridgehead atoms. The minimum atomic E-state index is -3.66. The van der Waals surface area contributed by atoms with Crippen LogP contribution in [0.5, 0.6) is 0 Å². The van der Waals surface area contributed by atoms with E-state index in [-0.39, 0.29) is 9.88 Å². The van der Waals surface area contributed by atoms with E-state index in [1.165, 1.54) is 6.07 Å². The fraction of sp³-hybridized carbons (Fsp3) is 0. The van der Waals surface area contributed by atoms with Crippen molar-refractivity contribution in [1.82, 2.24) is 5.09 Å². The maximum atomic E-state index is 11.2. The van der Waals surface area contributed by atoms with E-state index in [1.807, 2.05) is 5.09 Å². The van der Waals surface area contributed by atoms with Gasteiger partial charge >= 0.3 is 12.6 Å². The predicted octanol–water partition coefficient (Wildman–Crippen LogP) is 0.412. The van der Waals surface area contributed by atoms with Crippen LogP contribution in [0.15, 0.2) is 12.1 Å². The number of thiophene rings is 1. The van der Waals surface area contributed by atoms with Gasteiger partial charge in [-0.15, -0.1) is 0 Å². The Morgan fingerprint density at radius 1 is 1.53 bits per heavy atom. The van der Waals surface area contributed by atoms with Crippen LogP contribution in [-0.4, -0.2) is 10.8 Å². The molecule has 0 fully saturated rings. The molecule has 10 heteroatoms. The highest BCUT2D eigenvalue weighted by Crippen LogP contribution is 2.26. The zero-order valence-corrected chi connectivity index (χ0v) is 8.96. The van der Waals surface area contributed by atoms with Gasteiger partial charge in [0.05, 0.1) is 9.80 Å². The number of nitro groups is 1. The van der Waals surface area contributed by atoms with Crippen molar-refractivity contribution in [2.45, 2.75) is 0 Å². The number of amides is 1. The summed E-state index contributed by atoms with van der Waals surface area (Å²) >= 11 is 0.646. The Balaban J connectivity index is 2.84. The Kier molecular flexibility index (Phi) is 3.20. The Morgan fingerprint density at radius 3 is 2.53 bits per heavy atom. The van der Waals surface area contributed by atoms with E-state index in [0.717, 1.165) is 6.07 Å². The molecule has 0 saturated heterocycles. The van der Waals surface area contributed by atoms with Crippen molar-refractivity contribution in [2.75, 3.05) is 0 Å². The Labute approximate surface area is 87.9 Å². The molecule has 1 rings (SSSR count). The molecule has 8 nitrogen and oxygen atoms in total. The number of carbonyl (C=O) groups excluding carboxylic acids is 1. The van der Waals surface area contributed by atoms with E-state index < -0.39 is 18.4 Å². The third-order valence-corrected chi connectivity index (χ3v) is 2.86. The van der Waals surface area contributed by atoms with E-state index in [2.05, 4.69) is 0 Å². The molecule has 1 aromatic heterocycles. The highest BCUT2D eigenvalue weighted by atomic mass is 32.1. The Bertz CT molecular complexity index is 452. The van der Waals surface area contributed by atoms with Crippen LogP contribution in [0.3, 0.4) is 0 Å². The van der Waals surface area contributed by atoms with Crippen molar-refractivity contribution in [2.24, 2.45) is 11.0 Å². The maximum Gasteiger partial charge on any atom is 0.324 e. The van der Waals surface area contributed by atoms with E-state index in [4.69, 9.17) is 11.0 Å². The first-order chi connectivity index (χ1) is 6.79. The third kappa shape index (κ3) is 3.40. The van der Waals surface area contributed by atoms with Crippen LogP contribution in [0.1, 0.15) is 9.67 Å².